The topological polar surface area (TPSA) is 97.9 Å². The van der Waals surface area contributed by atoms with Gasteiger partial charge in [0.05, 0.1) is 31.4 Å². The molecular formula is C25H30ClN3O5. The zero-order valence-electron chi connectivity index (χ0n) is 19.9. The minimum Gasteiger partial charge on any atom is -0.493 e. The predicted octanol–water partition coefficient (Wildman–Crippen LogP) is 4.06. The number of aryl methyl sites for hydroxylation is 2. The van der Waals surface area contributed by atoms with Crippen LogP contribution in [0.2, 0.25) is 5.02 Å². The second-order valence-electron chi connectivity index (χ2n) is 9.52. The first kappa shape index (κ1) is 24.4. The number of fused-ring (bicyclic) bond motifs is 1. The molecule has 8 nitrogen and oxygen atoms in total. The zero-order chi connectivity index (χ0) is 24.5. The van der Waals surface area contributed by atoms with Gasteiger partial charge in [-0.05, 0) is 51.5 Å². The highest BCUT2D eigenvalue weighted by molar-refractivity contribution is 6.30. The molecule has 3 heterocycles. The number of oxazole rings is 1. The second kappa shape index (κ2) is 9.52. The molecule has 2 aromatic heterocycles. The number of methoxy groups -OCH3 is 1. The smallest absolute Gasteiger partial charge is 0.254 e. The van der Waals surface area contributed by atoms with Gasteiger partial charge in [0.1, 0.15) is 5.52 Å². The van der Waals surface area contributed by atoms with Gasteiger partial charge in [0.15, 0.2) is 17.2 Å². The number of pyridine rings is 1. The standard InChI is InChI=1S/C25H30ClN3O5/c1-24(2)15-33-25(3,8-10-30)14-29(24)23(31)16-11-19-22(20(12-16)32-4)34-21(28-19)6-5-18-13-17(26)7-9-27-18/h7,9,11-13,30H,5-6,8,10,14-15H2,1-4H3. The molecular weight excluding hydrogens is 458 g/mol. The van der Waals surface area contributed by atoms with Crippen LogP contribution >= 0.6 is 11.6 Å². The number of nitrogens with zero attached hydrogens (tertiary/aromatic N) is 3. The number of amides is 1. The van der Waals surface area contributed by atoms with E-state index in [0.717, 1.165) is 5.69 Å². The van der Waals surface area contributed by atoms with Gasteiger partial charge in [-0.3, -0.25) is 9.78 Å². The number of carbonyl (C=O) groups is 1. The first-order chi connectivity index (χ1) is 16.1. The third-order valence-corrected chi connectivity index (χ3v) is 6.46. The van der Waals surface area contributed by atoms with Gasteiger partial charge in [0.25, 0.3) is 5.91 Å². The van der Waals surface area contributed by atoms with Crippen LogP contribution in [0.5, 0.6) is 5.75 Å². The largest absolute Gasteiger partial charge is 0.493 e. The van der Waals surface area contributed by atoms with Crippen LogP contribution in [0.15, 0.2) is 34.9 Å². The average molecular weight is 488 g/mol. The van der Waals surface area contributed by atoms with E-state index in [1.54, 1.807) is 29.3 Å². The highest BCUT2D eigenvalue weighted by Crippen LogP contribution is 2.34. The van der Waals surface area contributed by atoms with Crippen molar-refractivity contribution in [1.29, 1.82) is 0 Å². The van der Waals surface area contributed by atoms with Crippen molar-refractivity contribution < 1.29 is 23.8 Å². The van der Waals surface area contributed by atoms with Gasteiger partial charge < -0.3 is 23.9 Å². The van der Waals surface area contributed by atoms with E-state index in [1.165, 1.54) is 7.11 Å². The summed E-state index contributed by atoms with van der Waals surface area (Å²) >= 11 is 6.04. The van der Waals surface area contributed by atoms with Crippen molar-refractivity contribution in [3.8, 4) is 5.75 Å². The summed E-state index contributed by atoms with van der Waals surface area (Å²) < 4.78 is 17.5. The van der Waals surface area contributed by atoms with Crippen LogP contribution < -0.4 is 4.74 Å². The second-order valence-corrected chi connectivity index (χ2v) is 9.95. The number of aliphatic hydroxyl groups is 1. The summed E-state index contributed by atoms with van der Waals surface area (Å²) in [4.78, 5) is 24.4. The Morgan fingerprint density at radius 1 is 1.26 bits per heavy atom. The van der Waals surface area contributed by atoms with Crippen molar-refractivity contribution in [2.75, 3.05) is 26.9 Å². The van der Waals surface area contributed by atoms with E-state index < -0.39 is 11.1 Å². The Kier molecular flexibility index (Phi) is 6.85. The normalized spacial score (nSPS) is 20.0. The summed E-state index contributed by atoms with van der Waals surface area (Å²) in [6.45, 7) is 6.59. The van der Waals surface area contributed by atoms with E-state index in [2.05, 4.69) is 9.97 Å². The number of rotatable bonds is 7. The Morgan fingerprint density at radius 2 is 2.06 bits per heavy atom. The van der Waals surface area contributed by atoms with Crippen LogP contribution in [0.3, 0.4) is 0 Å². The van der Waals surface area contributed by atoms with Crippen molar-refractivity contribution in [2.24, 2.45) is 0 Å². The molecule has 182 valence electrons. The molecule has 1 atom stereocenters. The van der Waals surface area contributed by atoms with Gasteiger partial charge in [0.2, 0.25) is 0 Å². The number of halogens is 1. The summed E-state index contributed by atoms with van der Waals surface area (Å²) in [5.41, 5.74) is 1.25. The molecule has 0 aliphatic carbocycles. The quantitative estimate of drug-likeness (QED) is 0.536. The Balaban J connectivity index is 1.61. The third-order valence-electron chi connectivity index (χ3n) is 6.22. The fourth-order valence-corrected chi connectivity index (χ4v) is 4.35. The Morgan fingerprint density at radius 3 is 2.76 bits per heavy atom. The number of aromatic nitrogens is 2. The van der Waals surface area contributed by atoms with Crippen molar-refractivity contribution in [3.05, 3.63) is 52.6 Å². The molecule has 1 aliphatic rings. The molecule has 4 rings (SSSR count). The van der Waals surface area contributed by atoms with E-state index in [1.807, 2.05) is 26.8 Å². The fraction of sp³-hybridized carbons (Fsp3) is 0.480. The van der Waals surface area contributed by atoms with E-state index in [9.17, 15) is 9.90 Å². The van der Waals surface area contributed by atoms with Gasteiger partial charge >= 0.3 is 0 Å². The number of carbonyl (C=O) groups excluding carboxylic acids is 1. The van der Waals surface area contributed by atoms with Crippen molar-refractivity contribution in [2.45, 2.75) is 51.2 Å². The van der Waals surface area contributed by atoms with Gasteiger partial charge in [-0.1, -0.05) is 11.6 Å². The lowest BCUT2D eigenvalue weighted by Gasteiger charge is -2.49. The molecule has 34 heavy (non-hydrogen) atoms. The molecule has 0 spiro atoms. The highest BCUT2D eigenvalue weighted by Gasteiger charge is 2.43. The molecule has 1 aromatic carbocycles. The maximum absolute atomic E-state index is 13.6. The van der Waals surface area contributed by atoms with Crippen molar-refractivity contribution >= 4 is 28.6 Å². The van der Waals surface area contributed by atoms with Crippen LogP contribution in [-0.2, 0) is 17.6 Å². The van der Waals surface area contributed by atoms with Crippen LogP contribution in [0, 0.1) is 0 Å². The first-order valence-electron chi connectivity index (χ1n) is 11.3. The molecule has 1 aliphatic heterocycles. The SMILES string of the molecule is COc1cc(C(=O)N2CC(C)(CCO)OCC2(C)C)cc2nc(CCc3cc(Cl)ccn3)oc12. The molecule has 0 saturated carbocycles. The van der Waals surface area contributed by atoms with Crippen molar-refractivity contribution in [3.63, 3.8) is 0 Å². The lowest BCUT2D eigenvalue weighted by Crippen LogP contribution is -2.62. The molecule has 3 aromatic rings. The molecule has 0 bridgehead atoms. The minimum absolute atomic E-state index is 0.00877. The Bertz CT molecular complexity index is 1190. The number of hydrogen-bond acceptors (Lipinski definition) is 7. The third kappa shape index (κ3) is 5.04. The molecule has 1 amide bonds. The number of aliphatic hydroxyl groups excluding tert-OH is 1. The van der Waals surface area contributed by atoms with Crippen LogP contribution in [0.1, 0.15) is 49.1 Å². The van der Waals surface area contributed by atoms with Crippen LogP contribution in [0.4, 0.5) is 0 Å². The number of morpholine rings is 1. The lowest BCUT2D eigenvalue weighted by molar-refractivity contribution is -0.144. The van der Waals surface area contributed by atoms with E-state index in [-0.39, 0.29) is 12.5 Å². The predicted molar refractivity (Wildman–Crippen MR) is 128 cm³/mol. The molecule has 9 heteroatoms. The molecule has 1 unspecified atom stereocenters. The summed E-state index contributed by atoms with van der Waals surface area (Å²) in [5.74, 6) is 0.830. The summed E-state index contributed by atoms with van der Waals surface area (Å²) in [6, 6.07) is 6.97. The Hall–Kier alpha value is -2.68. The van der Waals surface area contributed by atoms with Gasteiger partial charge in [-0.2, -0.15) is 0 Å². The van der Waals surface area contributed by atoms with Gasteiger partial charge in [0, 0.05) is 41.9 Å². The lowest BCUT2D eigenvalue weighted by atomic mass is 9.92. The Labute approximate surface area is 203 Å². The number of benzene rings is 1. The molecule has 1 N–H and O–H groups in total. The maximum atomic E-state index is 13.6. The summed E-state index contributed by atoms with van der Waals surface area (Å²) in [6.07, 6.45) is 3.27. The zero-order valence-corrected chi connectivity index (χ0v) is 20.7. The van der Waals surface area contributed by atoms with Gasteiger partial charge in [-0.15, -0.1) is 0 Å². The molecule has 1 saturated heterocycles. The number of hydrogen-bond donors (Lipinski definition) is 1. The van der Waals surface area contributed by atoms with Crippen LogP contribution in [-0.4, -0.2) is 63.9 Å². The van der Waals surface area contributed by atoms with E-state index in [0.29, 0.717) is 65.7 Å². The van der Waals surface area contributed by atoms with Gasteiger partial charge in [-0.25, -0.2) is 4.98 Å². The maximum Gasteiger partial charge on any atom is 0.254 e. The van der Waals surface area contributed by atoms with E-state index >= 15 is 0 Å². The molecule has 1 fully saturated rings. The number of ether oxygens (including phenoxy) is 2. The average Bonchev–Trinajstić information content (AvgIpc) is 3.22. The van der Waals surface area contributed by atoms with Crippen LogP contribution in [0.25, 0.3) is 11.1 Å². The highest BCUT2D eigenvalue weighted by atomic mass is 35.5. The van der Waals surface area contributed by atoms with Crippen molar-refractivity contribution in [1.82, 2.24) is 14.9 Å². The summed E-state index contributed by atoms with van der Waals surface area (Å²) in [5, 5.41) is 10.1. The summed E-state index contributed by atoms with van der Waals surface area (Å²) in [7, 11) is 1.54. The van der Waals surface area contributed by atoms with E-state index in [4.69, 9.17) is 25.5 Å². The monoisotopic (exact) mass is 487 g/mol. The molecule has 0 radical (unpaired) electrons. The minimum atomic E-state index is -0.608. The fourth-order valence-electron chi connectivity index (χ4n) is 4.16. The first-order valence-corrected chi connectivity index (χ1v) is 11.7.